The summed E-state index contributed by atoms with van der Waals surface area (Å²) in [5.41, 5.74) is 9.07. The molecular weight excluding hydrogens is 318 g/mol. The maximum absolute atomic E-state index is 12.2. The van der Waals surface area contributed by atoms with Crippen LogP contribution in [-0.2, 0) is 11.3 Å². The fourth-order valence-corrected chi connectivity index (χ4v) is 2.82. The number of amides is 1. The summed E-state index contributed by atoms with van der Waals surface area (Å²) < 4.78 is 0. The predicted octanol–water partition coefficient (Wildman–Crippen LogP) is 2.79. The second-order valence-electron chi connectivity index (χ2n) is 6.14. The molecule has 124 valence electrons. The Morgan fingerprint density at radius 2 is 1.79 bits per heavy atom. The van der Waals surface area contributed by atoms with Crippen LogP contribution in [0.2, 0.25) is 0 Å². The molecule has 0 heterocycles. The van der Waals surface area contributed by atoms with E-state index in [-0.39, 0.29) is 11.8 Å². The number of aryl methyl sites for hydroxylation is 1. The highest BCUT2D eigenvalue weighted by molar-refractivity contribution is 7.80. The van der Waals surface area contributed by atoms with Crippen molar-refractivity contribution in [1.29, 1.82) is 0 Å². The maximum atomic E-state index is 12.2. The highest BCUT2D eigenvalue weighted by Crippen LogP contribution is 2.47. The molecule has 3 rings (SSSR count). The summed E-state index contributed by atoms with van der Waals surface area (Å²) in [6, 6.07) is 18.4. The lowest BCUT2D eigenvalue weighted by Crippen LogP contribution is -2.47. The number of rotatable bonds is 4. The van der Waals surface area contributed by atoms with Gasteiger partial charge in [0.05, 0.1) is 0 Å². The summed E-state index contributed by atoms with van der Waals surface area (Å²) >= 11 is 5.18. The Balaban J connectivity index is 1.40. The van der Waals surface area contributed by atoms with Crippen LogP contribution >= 0.6 is 12.2 Å². The molecule has 1 aliphatic rings. The Hall–Kier alpha value is -2.40. The SMILES string of the molecule is Cc1ccc(C2CC2C(=O)NNC(=S)NCc2ccccc2)cc1. The number of carbonyl (C=O) groups excluding carboxylic acids is 1. The van der Waals surface area contributed by atoms with E-state index in [0.717, 1.165) is 12.0 Å². The fourth-order valence-electron chi connectivity index (χ4n) is 2.70. The highest BCUT2D eigenvalue weighted by atomic mass is 32.1. The van der Waals surface area contributed by atoms with Gasteiger partial charge in [-0.3, -0.25) is 15.6 Å². The predicted molar refractivity (Wildman–Crippen MR) is 99.2 cm³/mol. The molecule has 4 nitrogen and oxygen atoms in total. The van der Waals surface area contributed by atoms with E-state index in [1.807, 2.05) is 30.3 Å². The van der Waals surface area contributed by atoms with Gasteiger partial charge in [0.15, 0.2) is 5.11 Å². The van der Waals surface area contributed by atoms with Crippen molar-refractivity contribution in [2.75, 3.05) is 0 Å². The van der Waals surface area contributed by atoms with Gasteiger partial charge in [-0.15, -0.1) is 0 Å². The van der Waals surface area contributed by atoms with Crippen LogP contribution in [-0.4, -0.2) is 11.0 Å². The molecule has 5 heteroatoms. The minimum Gasteiger partial charge on any atom is -0.357 e. The smallest absolute Gasteiger partial charge is 0.242 e. The summed E-state index contributed by atoms with van der Waals surface area (Å²) in [6.07, 6.45) is 0.890. The monoisotopic (exact) mass is 339 g/mol. The third-order valence-corrected chi connectivity index (χ3v) is 4.47. The summed E-state index contributed by atoms with van der Waals surface area (Å²) in [7, 11) is 0. The summed E-state index contributed by atoms with van der Waals surface area (Å²) in [5.74, 6) is 0.333. The van der Waals surface area contributed by atoms with E-state index < -0.39 is 0 Å². The van der Waals surface area contributed by atoms with Gasteiger partial charge in [0.25, 0.3) is 0 Å². The number of hydrogen-bond acceptors (Lipinski definition) is 2. The van der Waals surface area contributed by atoms with Crippen LogP contribution < -0.4 is 16.2 Å². The van der Waals surface area contributed by atoms with Crippen molar-refractivity contribution in [2.45, 2.75) is 25.8 Å². The molecule has 2 aromatic carbocycles. The molecule has 0 aliphatic heterocycles. The molecule has 0 bridgehead atoms. The normalized spacial score (nSPS) is 18.5. The van der Waals surface area contributed by atoms with Crippen LogP contribution in [0.25, 0.3) is 0 Å². The van der Waals surface area contributed by atoms with E-state index in [0.29, 0.717) is 17.6 Å². The van der Waals surface area contributed by atoms with Gasteiger partial charge in [0.2, 0.25) is 5.91 Å². The second kappa shape index (κ2) is 7.45. The number of hydrogen-bond donors (Lipinski definition) is 3. The number of carbonyl (C=O) groups is 1. The van der Waals surface area contributed by atoms with E-state index >= 15 is 0 Å². The molecule has 0 saturated heterocycles. The largest absolute Gasteiger partial charge is 0.357 e. The molecule has 0 spiro atoms. The van der Waals surface area contributed by atoms with Gasteiger partial charge in [0.1, 0.15) is 0 Å². The van der Waals surface area contributed by atoms with Crippen molar-refractivity contribution in [3.05, 3.63) is 71.3 Å². The molecule has 24 heavy (non-hydrogen) atoms. The van der Waals surface area contributed by atoms with E-state index in [1.165, 1.54) is 11.1 Å². The van der Waals surface area contributed by atoms with Crippen LogP contribution in [0.4, 0.5) is 0 Å². The zero-order chi connectivity index (χ0) is 16.9. The Labute approximate surface area is 147 Å². The summed E-state index contributed by atoms with van der Waals surface area (Å²) in [4.78, 5) is 12.2. The van der Waals surface area contributed by atoms with Crippen LogP contribution in [0.15, 0.2) is 54.6 Å². The zero-order valence-electron chi connectivity index (χ0n) is 13.6. The average molecular weight is 339 g/mol. The number of hydrazine groups is 1. The summed E-state index contributed by atoms with van der Waals surface area (Å²) in [5, 5.41) is 3.48. The lowest BCUT2D eigenvalue weighted by molar-refractivity contribution is -0.122. The first-order chi connectivity index (χ1) is 11.6. The number of nitrogens with one attached hydrogen (secondary N) is 3. The van der Waals surface area contributed by atoms with E-state index in [9.17, 15) is 4.79 Å². The Bertz CT molecular complexity index is 715. The van der Waals surface area contributed by atoms with E-state index in [1.54, 1.807) is 0 Å². The van der Waals surface area contributed by atoms with Gasteiger partial charge in [-0.05, 0) is 42.6 Å². The summed E-state index contributed by atoms with van der Waals surface area (Å²) in [6.45, 7) is 2.69. The number of thiocarbonyl (C=S) groups is 1. The molecule has 1 amide bonds. The molecule has 2 atom stereocenters. The molecule has 1 aliphatic carbocycles. The minimum absolute atomic E-state index is 0.00978. The average Bonchev–Trinajstić information content (AvgIpc) is 3.40. The van der Waals surface area contributed by atoms with Crippen molar-refractivity contribution in [3.63, 3.8) is 0 Å². The molecule has 0 radical (unpaired) electrons. The standard InChI is InChI=1S/C19H21N3OS/c1-13-7-9-15(10-8-13)16-11-17(16)18(23)21-22-19(24)20-12-14-5-3-2-4-6-14/h2-10,16-17H,11-12H2,1H3,(H,21,23)(H2,20,22,24). The molecule has 2 aromatic rings. The Kier molecular flexibility index (Phi) is 5.11. The van der Waals surface area contributed by atoms with Crippen LogP contribution in [0.3, 0.4) is 0 Å². The highest BCUT2D eigenvalue weighted by Gasteiger charge is 2.43. The van der Waals surface area contributed by atoms with E-state index in [2.05, 4.69) is 47.4 Å². The third-order valence-electron chi connectivity index (χ3n) is 4.23. The van der Waals surface area contributed by atoms with Gasteiger partial charge in [0, 0.05) is 12.5 Å². The molecule has 3 N–H and O–H groups in total. The second-order valence-corrected chi connectivity index (χ2v) is 6.55. The van der Waals surface area contributed by atoms with Crippen molar-refractivity contribution >= 4 is 23.2 Å². The van der Waals surface area contributed by atoms with Gasteiger partial charge >= 0.3 is 0 Å². The van der Waals surface area contributed by atoms with Crippen molar-refractivity contribution in [3.8, 4) is 0 Å². The lowest BCUT2D eigenvalue weighted by atomic mass is 10.1. The maximum Gasteiger partial charge on any atom is 0.242 e. The van der Waals surface area contributed by atoms with Crippen molar-refractivity contribution in [1.82, 2.24) is 16.2 Å². The van der Waals surface area contributed by atoms with E-state index in [4.69, 9.17) is 12.2 Å². The molecular formula is C19H21N3OS. The van der Waals surface area contributed by atoms with Gasteiger partial charge in [-0.25, -0.2) is 0 Å². The van der Waals surface area contributed by atoms with Crippen LogP contribution in [0.1, 0.15) is 29.0 Å². The first-order valence-corrected chi connectivity index (χ1v) is 8.48. The first-order valence-electron chi connectivity index (χ1n) is 8.07. The zero-order valence-corrected chi connectivity index (χ0v) is 14.4. The van der Waals surface area contributed by atoms with Crippen molar-refractivity contribution < 1.29 is 4.79 Å². The fraction of sp³-hybridized carbons (Fsp3) is 0.263. The Morgan fingerprint density at radius 1 is 1.08 bits per heavy atom. The molecule has 0 aromatic heterocycles. The Morgan fingerprint density at radius 3 is 2.50 bits per heavy atom. The molecule has 1 fully saturated rings. The minimum atomic E-state index is -0.00978. The quantitative estimate of drug-likeness (QED) is 0.592. The molecule has 2 unspecified atom stereocenters. The van der Waals surface area contributed by atoms with Crippen LogP contribution in [0, 0.1) is 12.8 Å². The topological polar surface area (TPSA) is 53.2 Å². The molecule has 1 saturated carbocycles. The van der Waals surface area contributed by atoms with Gasteiger partial charge in [-0.2, -0.15) is 0 Å². The first kappa shape index (κ1) is 16.5. The third kappa shape index (κ3) is 4.32. The van der Waals surface area contributed by atoms with Crippen molar-refractivity contribution in [2.24, 2.45) is 5.92 Å². The van der Waals surface area contributed by atoms with Crippen LogP contribution in [0.5, 0.6) is 0 Å². The van der Waals surface area contributed by atoms with Gasteiger partial charge in [-0.1, -0.05) is 60.2 Å². The number of benzene rings is 2. The van der Waals surface area contributed by atoms with Gasteiger partial charge < -0.3 is 5.32 Å². The lowest BCUT2D eigenvalue weighted by Gasteiger charge is -2.11.